The first-order chi connectivity index (χ1) is 12.2. The van der Waals surface area contributed by atoms with Crippen LogP contribution in [0, 0.1) is 6.92 Å². The summed E-state index contributed by atoms with van der Waals surface area (Å²) < 4.78 is 5.21. The van der Waals surface area contributed by atoms with E-state index in [1.165, 1.54) is 5.56 Å². The Morgan fingerprint density at radius 3 is 2.36 bits per heavy atom. The number of carbonyl (C=O) groups excluding carboxylic acids is 1. The molecule has 126 valence electrons. The number of rotatable bonds is 5. The van der Waals surface area contributed by atoms with E-state index >= 15 is 0 Å². The van der Waals surface area contributed by atoms with Crippen LogP contribution in [0.2, 0.25) is 0 Å². The Labute approximate surface area is 146 Å². The lowest BCUT2D eigenvalue weighted by atomic mass is 10.2. The number of nitrogens with one attached hydrogen (secondary N) is 2. The maximum Gasteiger partial charge on any atom is 0.259 e. The molecule has 3 rings (SSSR count). The van der Waals surface area contributed by atoms with E-state index in [-0.39, 0.29) is 5.91 Å². The maximum atomic E-state index is 12.4. The zero-order valence-electron chi connectivity index (χ0n) is 14.1. The lowest BCUT2D eigenvalue weighted by molar-refractivity contribution is 0.102. The number of carbonyl (C=O) groups is 1. The average Bonchev–Trinajstić information content (AvgIpc) is 2.65. The van der Waals surface area contributed by atoms with Crippen LogP contribution >= 0.6 is 0 Å². The number of benzene rings is 2. The van der Waals surface area contributed by atoms with Gasteiger partial charge in [-0.3, -0.25) is 4.79 Å². The second-order valence-electron chi connectivity index (χ2n) is 5.58. The third kappa shape index (κ3) is 4.14. The molecule has 0 fully saturated rings. The Bertz CT molecular complexity index is 859. The van der Waals surface area contributed by atoms with E-state index in [9.17, 15) is 4.79 Å². The number of aromatic nitrogens is 1. The number of hydrogen-bond acceptors (Lipinski definition) is 4. The molecule has 25 heavy (non-hydrogen) atoms. The molecule has 2 N–H and O–H groups in total. The molecule has 0 saturated heterocycles. The van der Waals surface area contributed by atoms with Crippen LogP contribution in [0.5, 0.6) is 5.75 Å². The molecule has 5 nitrogen and oxygen atoms in total. The van der Waals surface area contributed by atoms with E-state index in [2.05, 4.69) is 15.6 Å². The van der Waals surface area contributed by atoms with Gasteiger partial charge in [-0.15, -0.1) is 0 Å². The molecule has 2 aromatic carbocycles. The first-order valence-corrected chi connectivity index (χ1v) is 7.90. The average molecular weight is 333 g/mol. The van der Waals surface area contributed by atoms with E-state index < -0.39 is 0 Å². The van der Waals surface area contributed by atoms with Crippen molar-refractivity contribution in [3.05, 3.63) is 78.0 Å². The summed E-state index contributed by atoms with van der Waals surface area (Å²) in [6.07, 6.45) is 1.61. The van der Waals surface area contributed by atoms with Gasteiger partial charge in [0.25, 0.3) is 5.91 Å². The van der Waals surface area contributed by atoms with Gasteiger partial charge in [0.2, 0.25) is 0 Å². The topological polar surface area (TPSA) is 63.2 Å². The van der Waals surface area contributed by atoms with Crippen molar-refractivity contribution in [1.29, 1.82) is 0 Å². The van der Waals surface area contributed by atoms with E-state index in [1.807, 2.05) is 43.3 Å². The Hall–Kier alpha value is -3.34. The maximum absolute atomic E-state index is 12.4. The van der Waals surface area contributed by atoms with Crippen molar-refractivity contribution in [2.75, 3.05) is 17.7 Å². The normalized spacial score (nSPS) is 10.2. The molecular weight excluding hydrogens is 314 g/mol. The van der Waals surface area contributed by atoms with Gasteiger partial charge in [0.05, 0.1) is 24.6 Å². The van der Waals surface area contributed by atoms with Crippen molar-refractivity contribution >= 4 is 23.1 Å². The van der Waals surface area contributed by atoms with Crippen LogP contribution in [0.1, 0.15) is 15.9 Å². The van der Waals surface area contributed by atoms with Gasteiger partial charge in [0, 0.05) is 5.69 Å². The van der Waals surface area contributed by atoms with Crippen molar-refractivity contribution in [2.45, 2.75) is 6.92 Å². The number of aryl methyl sites for hydroxylation is 1. The van der Waals surface area contributed by atoms with Crippen LogP contribution in [0.15, 0.2) is 66.9 Å². The summed E-state index contributed by atoms with van der Waals surface area (Å²) in [5.41, 5.74) is 3.26. The summed E-state index contributed by atoms with van der Waals surface area (Å²) in [5, 5.41) is 6.04. The number of anilines is 3. The minimum absolute atomic E-state index is 0.238. The number of ether oxygens (including phenoxy) is 1. The van der Waals surface area contributed by atoms with Crippen molar-refractivity contribution in [2.24, 2.45) is 0 Å². The molecule has 1 amide bonds. The summed E-state index contributed by atoms with van der Waals surface area (Å²) in [6.45, 7) is 2.04. The molecule has 0 radical (unpaired) electrons. The Balaban J connectivity index is 1.68. The van der Waals surface area contributed by atoms with Gasteiger partial charge in [-0.1, -0.05) is 29.8 Å². The summed E-state index contributed by atoms with van der Waals surface area (Å²) in [4.78, 5) is 16.7. The molecule has 0 bridgehead atoms. The molecule has 3 aromatic rings. The van der Waals surface area contributed by atoms with Crippen molar-refractivity contribution in [1.82, 2.24) is 4.98 Å². The smallest absolute Gasteiger partial charge is 0.259 e. The van der Waals surface area contributed by atoms with E-state index in [0.29, 0.717) is 22.8 Å². The zero-order valence-corrected chi connectivity index (χ0v) is 14.1. The van der Waals surface area contributed by atoms with Gasteiger partial charge in [0.1, 0.15) is 11.6 Å². The van der Waals surface area contributed by atoms with Crippen molar-refractivity contribution in [3.63, 3.8) is 0 Å². The van der Waals surface area contributed by atoms with Gasteiger partial charge >= 0.3 is 0 Å². The van der Waals surface area contributed by atoms with Gasteiger partial charge in [-0.25, -0.2) is 4.98 Å². The highest BCUT2D eigenvalue weighted by Gasteiger charge is 2.11. The molecule has 0 aliphatic carbocycles. The monoisotopic (exact) mass is 333 g/mol. The lowest BCUT2D eigenvalue weighted by Crippen LogP contribution is -2.13. The molecular formula is C20H19N3O2. The molecule has 0 saturated carbocycles. The third-order valence-electron chi connectivity index (χ3n) is 3.70. The van der Waals surface area contributed by atoms with Gasteiger partial charge in [-0.2, -0.15) is 0 Å². The van der Waals surface area contributed by atoms with E-state index in [4.69, 9.17) is 4.74 Å². The molecule has 5 heteroatoms. The van der Waals surface area contributed by atoms with Crippen LogP contribution in [0.4, 0.5) is 17.2 Å². The number of pyridine rings is 1. The highest BCUT2D eigenvalue weighted by Crippen LogP contribution is 2.20. The first-order valence-electron chi connectivity index (χ1n) is 7.90. The molecule has 0 spiro atoms. The highest BCUT2D eigenvalue weighted by molar-refractivity contribution is 6.06. The molecule has 1 aromatic heterocycles. The number of para-hydroxylation sites is 1. The van der Waals surface area contributed by atoms with Gasteiger partial charge in [-0.05, 0) is 43.3 Å². The third-order valence-corrected chi connectivity index (χ3v) is 3.70. The molecule has 0 aliphatic rings. The fourth-order valence-corrected chi connectivity index (χ4v) is 2.36. The molecule has 1 heterocycles. The van der Waals surface area contributed by atoms with Crippen molar-refractivity contribution in [3.8, 4) is 5.75 Å². The number of methoxy groups -OCH3 is 1. The second-order valence-corrected chi connectivity index (χ2v) is 5.58. The quantitative estimate of drug-likeness (QED) is 0.727. The number of hydrogen-bond donors (Lipinski definition) is 2. The number of amides is 1. The summed E-state index contributed by atoms with van der Waals surface area (Å²) in [7, 11) is 1.54. The Kier molecular flexibility index (Phi) is 4.95. The molecule has 0 atom stereocenters. The standard InChI is InChI=1S/C20H19N3O2/c1-14-7-9-15(10-8-14)22-19-12-11-16(13-21-19)23-20(24)17-5-3-4-6-18(17)25-2/h3-13H,1-2H3,(H,21,22)(H,23,24). The number of nitrogens with zero attached hydrogens (tertiary/aromatic N) is 1. The van der Waals surface area contributed by atoms with Crippen LogP contribution in [-0.4, -0.2) is 18.0 Å². The second kappa shape index (κ2) is 7.49. The SMILES string of the molecule is COc1ccccc1C(=O)Nc1ccc(Nc2ccc(C)cc2)nc1. The Morgan fingerprint density at radius 2 is 1.68 bits per heavy atom. The highest BCUT2D eigenvalue weighted by atomic mass is 16.5. The zero-order chi connectivity index (χ0) is 17.6. The van der Waals surface area contributed by atoms with Gasteiger partial charge in [0.15, 0.2) is 0 Å². The van der Waals surface area contributed by atoms with Crippen LogP contribution in [0.3, 0.4) is 0 Å². The fraction of sp³-hybridized carbons (Fsp3) is 0.100. The largest absolute Gasteiger partial charge is 0.496 e. The van der Waals surface area contributed by atoms with E-state index in [1.54, 1.807) is 37.6 Å². The Morgan fingerprint density at radius 1 is 0.960 bits per heavy atom. The summed E-state index contributed by atoms with van der Waals surface area (Å²) in [5.74, 6) is 1.00. The molecule has 0 unspecified atom stereocenters. The van der Waals surface area contributed by atoms with Crippen LogP contribution < -0.4 is 15.4 Å². The predicted octanol–water partition coefficient (Wildman–Crippen LogP) is 4.39. The summed E-state index contributed by atoms with van der Waals surface area (Å²) in [6, 6.07) is 18.8. The van der Waals surface area contributed by atoms with E-state index in [0.717, 1.165) is 5.69 Å². The van der Waals surface area contributed by atoms with Crippen molar-refractivity contribution < 1.29 is 9.53 Å². The van der Waals surface area contributed by atoms with Gasteiger partial charge < -0.3 is 15.4 Å². The van der Waals surface area contributed by atoms with Crippen LogP contribution in [0.25, 0.3) is 0 Å². The van der Waals surface area contributed by atoms with Crippen LogP contribution in [-0.2, 0) is 0 Å². The molecule has 0 aliphatic heterocycles. The summed E-state index contributed by atoms with van der Waals surface area (Å²) >= 11 is 0. The first kappa shape index (κ1) is 16.5. The predicted molar refractivity (Wildman–Crippen MR) is 99.6 cm³/mol. The lowest BCUT2D eigenvalue weighted by Gasteiger charge is -2.10. The minimum Gasteiger partial charge on any atom is -0.496 e. The minimum atomic E-state index is -0.238. The fourth-order valence-electron chi connectivity index (χ4n) is 2.36.